The number of hydrogen-bond donors (Lipinski definition) is 6. The molecule has 1 aromatic rings. The van der Waals surface area contributed by atoms with Gasteiger partial charge in [-0.1, -0.05) is 77.0 Å². The second-order valence-electron chi connectivity index (χ2n) is 18.4. The summed E-state index contributed by atoms with van der Waals surface area (Å²) in [6.45, 7) is 9.88. The summed E-state index contributed by atoms with van der Waals surface area (Å²) in [6, 6.07) is -1.15. The van der Waals surface area contributed by atoms with Crippen molar-refractivity contribution in [2.75, 3.05) is 98.9 Å². The molecule has 0 unspecified atom stereocenters. The number of hydrogen-bond acceptors (Lipinski definition) is 16. The van der Waals surface area contributed by atoms with Gasteiger partial charge in [0.2, 0.25) is 11.8 Å². The van der Waals surface area contributed by atoms with Gasteiger partial charge in [0.05, 0.1) is 58.0 Å². The fraction of sp³-hybridized carbons (Fsp3) is 0.815. The number of nitrogens with two attached hydrogens (primary N) is 1. The van der Waals surface area contributed by atoms with E-state index in [0.717, 1.165) is 51.0 Å². The molecule has 0 radical (unpaired) electrons. The van der Waals surface area contributed by atoms with Crippen molar-refractivity contribution in [2.45, 2.75) is 187 Å². The van der Waals surface area contributed by atoms with Crippen LogP contribution in [0.4, 0.5) is 0 Å². The molecule has 0 aliphatic rings. The predicted octanol–water partition coefficient (Wildman–Crippen LogP) is 5.95. The van der Waals surface area contributed by atoms with Gasteiger partial charge in [-0.2, -0.15) is 0 Å². The zero-order valence-corrected chi connectivity index (χ0v) is 45.7. The van der Waals surface area contributed by atoms with Crippen LogP contribution in [0.15, 0.2) is 12.5 Å². The zero-order chi connectivity index (χ0) is 54.5. The standard InChI is InChI=1S/C31H54N6O10.C23H44O4/c1-3-43-21-30(41)35-10-12-45-14-15-46-20-26(39)7-6-11-44-13-16-47-22-31(42)34-9-5-4-8-28(24(2)38)36-19-29(40)27(32)17-25-18-33-23-37-25;1-2-27-21-17-19-22(24)18-15-13-11-9-7-5-3-4-6-8-10-12-14-16-20-23(25)26/h18,23,27-28,36H,3-17,19-22,32H2,1-2H3,(H,33,37)(H,34,42)(H,35,41);2-21H2,1H3,(H,25,26)/t27-,28-;/m0./s1. The topological polar surface area (TPSA) is 286 Å². The number of aromatic nitrogens is 2. The van der Waals surface area contributed by atoms with Crippen LogP contribution in [0.2, 0.25) is 0 Å². The fourth-order valence-electron chi connectivity index (χ4n) is 7.41. The normalized spacial score (nSPS) is 11.9. The predicted molar refractivity (Wildman–Crippen MR) is 284 cm³/mol. The van der Waals surface area contributed by atoms with Crippen LogP contribution < -0.4 is 21.7 Å². The number of ether oxygens (including phenoxy) is 6. The zero-order valence-electron chi connectivity index (χ0n) is 45.7. The van der Waals surface area contributed by atoms with E-state index >= 15 is 0 Å². The van der Waals surface area contributed by atoms with Crippen LogP contribution in [-0.4, -0.2) is 167 Å². The Morgan fingerprint density at radius 2 is 1.07 bits per heavy atom. The van der Waals surface area contributed by atoms with E-state index in [2.05, 4.69) is 25.9 Å². The lowest BCUT2D eigenvalue weighted by Crippen LogP contribution is -2.44. The van der Waals surface area contributed by atoms with Crippen molar-refractivity contribution < 1.29 is 67.1 Å². The molecule has 0 saturated heterocycles. The number of Topliss-reactive ketones (excluding diaryl/α,β-unsaturated/α-hetero) is 4. The summed E-state index contributed by atoms with van der Waals surface area (Å²) in [4.78, 5) is 88.4. The number of carbonyl (C=O) groups excluding carboxylic acids is 6. The number of aromatic amines is 1. The second-order valence-corrected chi connectivity index (χ2v) is 18.4. The van der Waals surface area contributed by atoms with Gasteiger partial charge < -0.3 is 60.2 Å². The first-order valence-corrected chi connectivity index (χ1v) is 27.6. The molecule has 2 atom stereocenters. The van der Waals surface area contributed by atoms with Gasteiger partial charge in [-0.05, 0) is 65.7 Å². The third-order valence-electron chi connectivity index (χ3n) is 11.7. The van der Waals surface area contributed by atoms with Crippen molar-refractivity contribution in [3.63, 3.8) is 0 Å². The maximum absolute atomic E-state index is 12.3. The van der Waals surface area contributed by atoms with E-state index in [1.807, 2.05) is 13.8 Å². The highest BCUT2D eigenvalue weighted by Gasteiger charge is 2.19. The Morgan fingerprint density at radius 1 is 0.568 bits per heavy atom. The third kappa shape index (κ3) is 48.9. The van der Waals surface area contributed by atoms with E-state index in [-0.39, 0.29) is 68.7 Å². The average Bonchev–Trinajstić information content (AvgIpc) is 3.89. The van der Waals surface area contributed by atoms with Crippen LogP contribution in [0.3, 0.4) is 0 Å². The minimum atomic E-state index is -0.689. The van der Waals surface area contributed by atoms with Crippen molar-refractivity contribution in [3.05, 3.63) is 18.2 Å². The van der Waals surface area contributed by atoms with Gasteiger partial charge in [0, 0.05) is 83.5 Å². The molecular weight excluding hydrogens is 957 g/mol. The van der Waals surface area contributed by atoms with E-state index in [1.165, 1.54) is 83.9 Å². The summed E-state index contributed by atoms with van der Waals surface area (Å²) in [7, 11) is 0. The van der Waals surface area contributed by atoms with Crippen LogP contribution in [0, 0.1) is 0 Å². The van der Waals surface area contributed by atoms with E-state index in [4.69, 9.17) is 39.3 Å². The lowest BCUT2D eigenvalue weighted by atomic mass is 10.0. The average molecular weight is 1060 g/mol. The Balaban J connectivity index is 0.00000167. The molecule has 1 heterocycles. The summed E-state index contributed by atoms with van der Waals surface area (Å²) in [6.07, 6.45) is 26.0. The molecule has 1 rings (SSSR count). The highest BCUT2D eigenvalue weighted by molar-refractivity contribution is 5.87. The molecule has 428 valence electrons. The van der Waals surface area contributed by atoms with Crippen molar-refractivity contribution >= 4 is 40.9 Å². The minimum absolute atomic E-state index is 0.00288. The van der Waals surface area contributed by atoms with Gasteiger partial charge in [-0.3, -0.25) is 33.6 Å². The molecule has 0 aliphatic heterocycles. The molecule has 0 bridgehead atoms. The molecular formula is C54H98N6O14. The molecule has 0 spiro atoms. The molecule has 20 nitrogen and oxygen atoms in total. The summed E-state index contributed by atoms with van der Waals surface area (Å²) < 4.78 is 31.6. The first-order chi connectivity index (χ1) is 35.9. The largest absolute Gasteiger partial charge is 0.481 e. The van der Waals surface area contributed by atoms with E-state index in [9.17, 15) is 33.6 Å². The number of nitrogens with one attached hydrogen (secondary N) is 4. The number of ketones is 4. The molecule has 0 aromatic carbocycles. The van der Waals surface area contributed by atoms with Gasteiger partial charge in [-0.15, -0.1) is 0 Å². The first kappa shape index (κ1) is 70.0. The number of amides is 2. The molecule has 74 heavy (non-hydrogen) atoms. The summed E-state index contributed by atoms with van der Waals surface area (Å²) in [5.41, 5.74) is 6.73. The minimum Gasteiger partial charge on any atom is -0.481 e. The number of rotatable bonds is 54. The molecule has 1 aromatic heterocycles. The first-order valence-electron chi connectivity index (χ1n) is 27.6. The van der Waals surface area contributed by atoms with Crippen LogP contribution in [0.5, 0.6) is 0 Å². The highest BCUT2D eigenvalue weighted by Crippen LogP contribution is 2.14. The number of carboxylic acids is 1. The number of aliphatic carboxylic acids is 1. The quantitative estimate of drug-likeness (QED) is 0.0411. The van der Waals surface area contributed by atoms with Crippen LogP contribution in [0.25, 0.3) is 0 Å². The van der Waals surface area contributed by atoms with Crippen LogP contribution in [0.1, 0.15) is 174 Å². The van der Waals surface area contributed by atoms with Crippen molar-refractivity contribution in [1.82, 2.24) is 25.9 Å². The van der Waals surface area contributed by atoms with E-state index < -0.39 is 18.1 Å². The Labute approximate surface area is 442 Å². The Bertz CT molecular complexity index is 1550. The number of nitrogens with zero attached hydrogens (tertiary/aromatic N) is 1. The van der Waals surface area contributed by atoms with Gasteiger partial charge in [0.1, 0.15) is 31.4 Å². The van der Waals surface area contributed by atoms with E-state index in [1.54, 1.807) is 6.20 Å². The fourth-order valence-corrected chi connectivity index (χ4v) is 7.41. The Kier molecular flexibility index (Phi) is 49.6. The summed E-state index contributed by atoms with van der Waals surface area (Å²) >= 11 is 0. The number of carbonyl (C=O) groups is 7. The van der Waals surface area contributed by atoms with Gasteiger partial charge >= 0.3 is 5.97 Å². The number of H-pyrrole nitrogens is 1. The van der Waals surface area contributed by atoms with Gasteiger partial charge in [-0.25, -0.2) is 4.98 Å². The molecule has 7 N–H and O–H groups in total. The van der Waals surface area contributed by atoms with Crippen molar-refractivity contribution in [1.29, 1.82) is 0 Å². The smallest absolute Gasteiger partial charge is 0.303 e. The third-order valence-corrected chi connectivity index (χ3v) is 11.7. The van der Waals surface area contributed by atoms with Gasteiger partial charge in [0.15, 0.2) is 11.6 Å². The Hall–Kier alpha value is -4.02. The highest BCUT2D eigenvalue weighted by atomic mass is 16.5. The Morgan fingerprint density at radius 3 is 1.64 bits per heavy atom. The lowest BCUT2D eigenvalue weighted by molar-refractivity contribution is -0.137. The number of carboxylic acid groups (broad SMARTS) is 1. The molecule has 0 fully saturated rings. The van der Waals surface area contributed by atoms with Crippen LogP contribution >= 0.6 is 0 Å². The number of imidazole rings is 1. The van der Waals surface area contributed by atoms with Gasteiger partial charge in [0.25, 0.3) is 0 Å². The second kappa shape index (κ2) is 52.4. The van der Waals surface area contributed by atoms with Crippen LogP contribution in [-0.2, 0) is 68.4 Å². The van der Waals surface area contributed by atoms with Crippen molar-refractivity contribution in [3.8, 4) is 0 Å². The monoisotopic (exact) mass is 1050 g/mol. The SMILES string of the molecule is CCOCC(=O)NCCOCCOCC(=O)CCCOCCOCC(=O)NCCCC[C@H](NCC(=O)[C@@H](N)Cc1cnc[nH]1)C(C)=O.CCOCCCC(=O)CCCCCCCCCCCCCCCCC(=O)O. The number of unbranched alkanes of at least 4 members (excludes halogenated alkanes) is 14. The molecule has 0 aliphatic carbocycles. The van der Waals surface area contributed by atoms with E-state index in [0.29, 0.717) is 103 Å². The summed E-state index contributed by atoms with van der Waals surface area (Å²) in [5.74, 6) is -0.988. The lowest BCUT2D eigenvalue weighted by Gasteiger charge is -2.17. The van der Waals surface area contributed by atoms with Crippen molar-refractivity contribution in [2.24, 2.45) is 5.73 Å². The molecule has 0 saturated carbocycles. The molecule has 20 heteroatoms. The maximum Gasteiger partial charge on any atom is 0.303 e. The summed E-state index contributed by atoms with van der Waals surface area (Å²) in [5, 5.41) is 17.0. The maximum atomic E-state index is 12.3. The molecule has 2 amide bonds.